The van der Waals surface area contributed by atoms with Crippen LogP contribution < -0.4 is 0 Å². The Morgan fingerprint density at radius 2 is 2.20 bits per heavy atom. The molecule has 0 spiro atoms. The number of carbonyl (C=O) groups excluding carboxylic acids is 1. The third-order valence-corrected chi connectivity index (χ3v) is 3.82. The lowest BCUT2D eigenvalue weighted by Gasteiger charge is -2.13. The van der Waals surface area contributed by atoms with Gasteiger partial charge >= 0.3 is 0 Å². The first-order chi connectivity index (χ1) is 7.10. The summed E-state index contributed by atoms with van der Waals surface area (Å²) >= 11 is 9.19. The number of halogens is 2. The van der Waals surface area contributed by atoms with Crippen molar-refractivity contribution in [2.75, 3.05) is 0 Å². The minimum absolute atomic E-state index is 0.122. The molecule has 0 radical (unpaired) electrons. The summed E-state index contributed by atoms with van der Waals surface area (Å²) in [7, 11) is 0. The Morgan fingerprint density at radius 1 is 1.53 bits per heavy atom. The molecule has 1 atom stereocenters. The van der Waals surface area contributed by atoms with Crippen molar-refractivity contribution in [2.45, 2.75) is 31.0 Å². The molecule has 82 valence electrons. The van der Waals surface area contributed by atoms with Crippen LogP contribution in [0.3, 0.4) is 0 Å². The van der Waals surface area contributed by atoms with E-state index in [0.717, 1.165) is 17.5 Å². The van der Waals surface area contributed by atoms with E-state index in [0.29, 0.717) is 5.88 Å². The maximum absolute atomic E-state index is 11.3. The molecule has 1 unspecified atom stereocenters. The topological polar surface area (TPSA) is 17.1 Å². The smallest absolute Gasteiger partial charge is 0.147 e. The molecule has 1 aromatic carbocycles. The average Bonchev–Trinajstić information content (AvgIpc) is 2.27. The number of Topliss-reactive ketones (excluding diaryl/α,β-unsaturated/α-hetero) is 1. The second kappa shape index (κ2) is 5.66. The van der Waals surface area contributed by atoms with E-state index in [1.165, 1.54) is 5.56 Å². The lowest BCUT2D eigenvalue weighted by Crippen LogP contribution is -2.05. The molecule has 0 aliphatic carbocycles. The number of hydrogen-bond donors (Lipinski definition) is 0. The summed E-state index contributed by atoms with van der Waals surface area (Å²) in [6.07, 6.45) is 0.924. The molecule has 0 saturated carbocycles. The highest BCUT2D eigenvalue weighted by Gasteiger charge is 2.16. The zero-order valence-corrected chi connectivity index (χ0v) is 11.2. The van der Waals surface area contributed by atoms with Crippen LogP contribution in [0.2, 0.25) is 0 Å². The van der Waals surface area contributed by atoms with Gasteiger partial charge in [-0.1, -0.05) is 41.1 Å². The lowest BCUT2D eigenvalue weighted by atomic mass is 9.98. The van der Waals surface area contributed by atoms with Crippen molar-refractivity contribution in [3.8, 4) is 0 Å². The highest BCUT2D eigenvalue weighted by Crippen LogP contribution is 2.28. The molecule has 1 rings (SSSR count). The first-order valence-corrected chi connectivity index (χ1v) is 6.37. The molecule has 0 bridgehead atoms. The fourth-order valence-electron chi connectivity index (χ4n) is 1.50. The SMILES string of the molecule is CCc1ccc(CCl)cc1C(Br)C(C)=O. The molecule has 0 amide bonds. The maximum atomic E-state index is 11.3. The van der Waals surface area contributed by atoms with Crippen molar-refractivity contribution >= 4 is 33.3 Å². The Balaban J connectivity index is 3.16. The predicted octanol–water partition coefficient (Wildman–Crippen LogP) is 4.01. The molecule has 3 heteroatoms. The molecule has 15 heavy (non-hydrogen) atoms. The summed E-state index contributed by atoms with van der Waals surface area (Å²) in [6.45, 7) is 3.67. The zero-order valence-electron chi connectivity index (χ0n) is 8.89. The van der Waals surface area contributed by atoms with Crippen LogP contribution in [0.15, 0.2) is 18.2 Å². The van der Waals surface area contributed by atoms with Crippen molar-refractivity contribution in [3.63, 3.8) is 0 Å². The minimum Gasteiger partial charge on any atom is -0.298 e. The third-order valence-electron chi connectivity index (χ3n) is 2.38. The van der Waals surface area contributed by atoms with Gasteiger partial charge in [-0.25, -0.2) is 0 Å². The molecule has 0 saturated heterocycles. The number of hydrogen-bond acceptors (Lipinski definition) is 1. The summed E-state index contributed by atoms with van der Waals surface area (Å²) in [5.41, 5.74) is 3.29. The predicted molar refractivity (Wildman–Crippen MR) is 67.7 cm³/mol. The van der Waals surface area contributed by atoms with E-state index in [1.807, 2.05) is 18.2 Å². The Kier molecular flexibility index (Phi) is 4.81. The monoisotopic (exact) mass is 288 g/mol. The molecule has 0 fully saturated rings. The van der Waals surface area contributed by atoms with Crippen LogP contribution in [0.4, 0.5) is 0 Å². The van der Waals surface area contributed by atoms with Gasteiger partial charge in [0.05, 0.1) is 4.83 Å². The van der Waals surface area contributed by atoms with Gasteiger partial charge in [0.25, 0.3) is 0 Å². The maximum Gasteiger partial charge on any atom is 0.147 e. The number of alkyl halides is 2. The molecule has 0 N–H and O–H groups in total. The Hall–Kier alpha value is -0.340. The Labute approximate surface area is 104 Å². The standard InChI is InChI=1S/C12H14BrClO/c1-3-10-5-4-9(7-14)6-11(10)12(13)8(2)15/h4-6,12H,3,7H2,1-2H3. The van der Waals surface area contributed by atoms with Crippen LogP contribution in [0.25, 0.3) is 0 Å². The molecule has 1 nitrogen and oxygen atoms in total. The molecular formula is C12H14BrClO. The number of benzene rings is 1. The molecule has 0 aromatic heterocycles. The van der Waals surface area contributed by atoms with Gasteiger partial charge in [-0.05, 0) is 30.0 Å². The summed E-state index contributed by atoms with van der Waals surface area (Å²) in [5.74, 6) is 0.602. The quantitative estimate of drug-likeness (QED) is 0.765. The molecule has 0 heterocycles. The fourth-order valence-corrected chi connectivity index (χ4v) is 2.10. The van der Waals surface area contributed by atoms with E-state index >= 15 is 0 Å². The zero-order chi connectivity index (χ0) is 11.4. The summed E-state index contributed by atoms with van der Waals surface area (Å²) in [4.78, 5) is 11.1. The summed E-state index contributed by atoms with van der Waals surface area (Å²) < 4.78 is 0. The van der Waals surface area contributed by atoms with Crippen molar-refractivity contribution in [3.05, 3.63) is 34.9 Å². The lowest BCUT2D eigenvalue weighted by molar-refractivity contribution is -0.116. The molecule has 1 aromatic rings. The highest BCUT2D eigenvalue weighted by atomic mass is 79.9. The van der Waals surface area contributed by atoms with E-state index in [1.54, 1.807) is 6.92 Å². The van der Waals surface area contributed by atoms with Crippen molar-refractivity contribution < 1.29 is 4.79 Å². The summed E-state index contributed by atoms with van der Waals surface area (Å²) in [5, 5.41) is 0. The molecule has 0 aliphatic heterocycles. The van der Waals surface area contributed by atoms with E-state index < -0.39 is 0 Å². The van der Waals surface area contributed by atoms with Crippen LogP contribution >= 0.6 is 27.5 Å². The van der Waals surface area contributed by atoms with Gasteiger partial charge in [0, 0.05) is 5.88 Å². The van der Waals surface area contributed by atoms with E-state index in [9.17, 15) is 4.79 Å². The Bertz CT molecular complexity index is 363. The van der Waals surface area contributed by atoms with Crippen LogP contribution in [0.5, 0.6) is 0 Å². The molecular weight excluding hydrogens is 275 g/mol. The normalized spacial score (nSPS) is 12.5. The Morgan fingerprint density at radius 3 is 2.67 bits per heavy atom. The number of aryl methyl sites for hydroxylation is 1. The van der Waals surface area contributed by atoms with E-state index in [2.05, 4.69) is 22.9 Å². The summed E-state index contributed by atoms with van der Waals surface area (Å²) in [6, 6.07) is 6.06. The van der Waals surface area contributed by atoms with Gasteiger partial charge in [0.15, 0.2) is 0 Å². The number of carbonyl (C=O) groups is 1. The van der Waals surface area contributed by atoms with Crippen LogP contribution in [-0.2, 0) is 17.1 Å². The van der Waals surface area contributed by atoms with Crippen LogP contribution in [-0.4, -0.2) is 5.78 Å². The van der Waals surface area contributed by atoms with Crippen molar-refractivity contribution in [1.82, 2.24) is 0 Å². The average molecular weight is 290 g/mol. The highest BCUT2D eigenvalue weighted by molar-refractivity contribution is 9.09. The minimum atomic E-state index is -0.212. The number of ketones is 1. The van der Waals surface area contributed by atoms with Gasteiger partial charge in [-0.2, -0.15) is 0 Å². The van der Waals surface area contributed by atoms with Crippen molar-refractivity contribution in [1.29, 1.82) is 0 Å². The first kappa shape index (κ1) is 12.7. The number of rotatable bonds is 4. The van der Waals surface area contributed by atoms with Gasteiger partial charge in [0.2, 0.25) is 0 Å². The van der Waals surface area contributed by atoms with E-state index in [-0.39, 0.29) is 10.6 Å². The van der Waals surface area contributed by atoms with Crippen LogP contribution in [0, 0.1) is 0 Å². The van der Waals surface area contributed by atoms with Crippen molar-refractivity contribution in [2.24, 2.45) is 0 Å². The van der Waals surface area contributed by atoms with Crippen LogP contribution in [0.1, 0.15) is 35.4 Å². The second-order valence-corrected chi connectivity index (χ2v) is 4.68. The van der Waals surface area contributed by atoms with E-state index in [4.69, 9.17) is 11.6 Å². The van der Waals surface area contributed by atoms with Gasteiger partial charge < -0.3 is 0 Å². The third kappa shape index (κ3) is 3.05. The largest absolute Gasteiger partial charge is 0.298 e. The second-order valence-electron chi connectivity index (χ2n) is 3.49. The first-order valence-electron chi connectivity index (χ1n) is 4.92. The molecule has 0 aliphatic rings. The van der Waals surface area contributed by atoms with Gasteiger partial charge in [0.1, 0.15) is 5.78 Å². The van der Waals surface area contributed by atoms with Gasteiger partial charge in [-0.15, -0.1) is 11.6 Å². The van der Waals surface area contributed by atoms with Gasteiger partial charge in [-0.3, -0.25) is 4.79 Å². The fraction of sp³-hybridized carbons (Fsp3) is 0.417.